The minimum Gasteiger partial charge on any atom is -0.505 e. The van der Waals surface area contributed by atoms with Crippen LogP contribution in [-0.4, -0.2) is 10.9 Å². The number of ketones is 1. The molecule has 0 saturated heterocycles. The summed E-state index contributed by atoms with van der Waals surface area (Å²) in [6.07, 6.45) is 0. The predicted molar refractivity (Wildman–Crippen MR) is 47.5 cm³/mol. The van der Waals surface area contributed by atoms with Crippen LogP contribution >= 0.6 is 0 Å². The first-order valence-corrected chi connectivity index (χ1v) is 3.94. The number of phenolic OH excluding ortho intramolecular Hbond substituents is 1. The molecule has 0 aromatic heterocycles. The highest BCUT2D eigenvalue weighted by Crippen LogP contribution is 2.27. The Morgan fingerprint density at radius 3 is 2.46 bits per heavy atom. The number of aromatic hydroxyl groups is 1. The molecule has 2 nitrogen and oxygen atoms in total. The molecule has 0 aliphatic rings. The molecule has 0 aliphatic carbocycles. The van der Waals surface area contributed by atoms with Gasteiger partial charge in [-0.1, -0.05) is 0 Å². The summed E-state index contributed by atoms with van der Waals surface area (Å²) < 4.78 is 13.1. The number of carbonyl (C=O) groups excluding carboxylic acids is 1. The molecule has 0 unspecified atom stereocenters. The Morgan fingerprint density at radius 1 is 1.46 bits per heavy atom. The molecule has 3 heteroatoms. The van der Waals surface area contributed by atoms with Crippen LogP contribution in [0.2, 0.25) is 0 Å². The molecule has 1 N–H and O–H groups in total. The lowest BCUT2D eigenvalue weighted by Gasteiger charge is -2.07. The van der Waals surface area contributed by atoms with Crippen LogP contribution in [0, 0.1) is 19.7 Å². The molecule has 1 aromatic carbocycles. The van der Waals surface area contributed by atoms with E-state index < -0.39 is 11.6 Å². The maximum atomic E-state index is 13.1. The van der Waals surface area contributed by atoms with Crippen molar-refractivity contribution in [1.82, 2.24) is 0 Å². The highest BCUT2D eigenvalue weighted by molar-refractivity contribution is 5.96. The number of rotatable bonds is 1. The summed E-state index contributed by atoms with van der Waals surface area (Å²) in [4.78, 5) is 11.0. The summed E-state index contributed by atoms with van der Waals surface area (Å²) in [7, 11) is 0. The third-order valence-electron chi connectivity index (χ3n) is 2.05. The number of hydrogen-bond acceptors (Lipinski definition) is 2. The SMILES string of the molecule is CC(=O)c1cc(C)c(F)c(O)c1C. The molecule has 1 rings (SSSR count). The Morgan fingerprint density at radius 2 is 2.00 bits per heavy atom. The van der Waals surface area contributed by atoms with Crippen LogP contribution in [0.15, 0.2) is 6.07 Å². The molecular formula is C10H11FO2. The number of carbonyl (C=O) groups is 1. The van der Waals surface area contributed by atoms with E-state index in [2.05, 4.69) is 0 Å². The van der Waals surface area contributed by atoms with Crippen molar-refractivity contribution in [1.29, 1.82) is 0 Å². The molecule has 0 heterocycles. The van der Waals surface area contributed by atoms with Crippen molar-refractivity contribution in [3.05, 3.63) is 28.6 Å². The lowest BCUT2D eigenvalue weighted by molar-refractivity contribution is 0.101. The molecule has 0 radical (unpaired) electrons. The fourth-order valence-electron chi connectivity index (χ4n) is 1.23. The normalized spacial score (nSPS) is 10.2. The number of benzene rings is 1. The van der Waals surface area contributed by atoms with Gasteiger partial charge in [-0.15, -0.1) is 0 Å². The predicted octanol–water partition coefficient (Wildman–Crippen LogP) is 2.35. The average Bonchev–Trinajstić information content (AvgIpc) is 2.07. The lowest BCUT2D eigenvalue weighted by Crippen LogP contribution is -1.99. The number of halogens is 1. The van der Waals surface area contributed by atoms with Crippen molar-refractivity contribution in [2.24, 2.45) is 0 Å². The van der Waals surface area contributed by atoms with E-state index in [0.717, 1.165) is 0 Å². The van der Waals surface area contributed by atoms with Gasteiger partial charge < -0.3 is 5.11 Å². The van der Waals surface area contributed by atoms with E-state index in [4.69, 9.17) is 0 Å². The first-order valence-electron chi connectivity index (χ1n) is 3.94. The second-order valence-electron chi connectivity index (χ2n) is 3.08. The van der Waals surface area contributed by atoms with E-state index in [-0.39, 0.29) is 11.3 Å². The Labute approximate surface area is 76.0 Å². The molecule has 1 aromatic rings. The minimum absolute atomic E-state index is 0.170. The van der Waals surface area contributed by atoms with E-state index in [1.54, 1.807) is 0 Å². The first kappa shape index (κ1) is 9.71. The van der Waals surface area contributed by atoms with E-state index >= 15 is 0 Å². The van der Waals surface area contributed by atoms with Crippen LogP contribution in [0.3, 0.4) is 0 Å². The molecule has 0 fully saturated rings. The quantitative estimate of drug-likeness (QED) is 0.677. The minimum atomic E-state index is -0.650. The van der Waals surface area contributed by atoms with Gasteiger partial charge in [-0.25, -0.2) is 4.39 Å². The van der Waals surface area contributed by atoms with Crippen LogP contribution in [0.5, 0.6) is 5.75 Å². The van der Waals surface area contributed by atoms with E-state index in [0.29, 0.717) is 11.1 Å². The fraction of sp³-hybridized carbons (Fsp3) is 0.300. The summed E-state index contributed by atoms with van der Waals surface area (Å²) >= 11 is 0. The van der Waals surface area contributed by atoms with Gasteiger partial charge >= 0.3 is 0 Å². The van der Waals surface area contributed by atoms with Gasteiger partial charge in [-0.05, 0) is 32.4 Å². The molecule has 0 amide bonds. The van der Waals surface area contributed by atoms with Gasteiger partial charge in [0.2, 0.25) is 0 Å². The second-order valence-corrected chi connectivity index (χ2v) is 3.08. The largest absolute Gasteiger partial charge is 0.505 e. The lowest BCUT2D eigenvalue weighted by atomic mass is 10.0. The zero-order valence-electron chi connectivity index (χ0n) is 7.81. The fourth-order valence-corrected chi connectivity index (χ4v) is 1.23. The monoisotopic (exact) mass is 182 g/mol. The van der Waals surface area contributed by atoms with E-state index in [1.807, 2.05) is 0 Å². The van der Waals surface area contributed by atoms with Crippen molar-refractivity contribution in [2.45, 2.75) is 20.8 Å². The Hall–Kier alpha value is -1.38. The summed E-state index contributed by atoms with van der Waals surface area (Å²) in [6, 6.07) is 1.45. The highest BCUT2D eigenvalue weighted by atomic mass is 19.1. The van der Waals surface area contributed by atoms with Gasteiger partial charge in [0, 0.05) is 11.1 Å². The van der Waals surface area contributed by atoms with Crippen molar-refractivity contribution in [2.75, 3.05) is 0 Å². The van der Waals surface area contributed by atoms with Crippen LogP contribution in [0.25, 0.3) is 0 Å². The van der Waals surface area contributed by atoms with Crippen molar-refractivity contribution >= 4 is 5.78 Å². The molecule has 70 valence electrons. The van der Waals surface area contributed by atoms with Gasteiger partial charge in [0.25, 0.3) is 0 Å². The zero-order valence-corrected chi connectivity index (χ0v) is 7.81. The molecule has 0 saturated carbocycles. The van der Waals surface area contributed by atoms with E-state index in [9.17, 15) is 14.3 Å². The third kappa shape index (κ3) is 1.54. The third-order valence-corrected chi connectivity index (χ3v) is 2.05. The zero-order chi connectivity index (χ0) is 10.2. The number of hydrogen-bond donors (Lipinski definition) is 1. The van der Waals surface area contributed by atoms with Gasteiger partial charge in [0.05, 0.1) is 0 Å². The number of Topliss-reactive ketones (excluding diaryl/α,β-unsaturated/α-hetero) is 1. The molecule has 0 atom stereocenters. The molecule has 0 spiro atoms. The number of phenols is 1. The van der Waals surface area contributed by atoms with Crippen LogP contribution in [0.4, 0.5) is 4.39 Å². The Balaban J connectivity index is 3.50. The van der Waals surface area contributed by atoms with Crippen LogP contribution in [-0.2, 0) is 0 Å². The summed E-state index contributed by atoms with van der Waals surface area (Å²) in [5, 5.41) is 9.29. The Bertz CT molecular complexity index is 370. The average molecular weight is 182 g/mol. The summed E-state index contributed by atoms with van der Waals surface area (Å²) in [5.41, 5.74) is 0.959. The van der Waals surface area contributed by atoms with Gasteiger partial charge in [0.15, 0.2) is 17.3 Å². The summed E-state index contributed by atoms with van der Waals surface area (Å²) in [5.74, 6) is -1.25. The standard InChI is InChI=1S/C10H11FO2/c1-5-4-8(7(3)12)6(2)10(13)9(5)11/h4,13H,1-3H3. The maximum absolute atomic E-state index is 13.1. The molecule has 13 heavy (non-hydrogen) atoms. The Kier molecular flexibility index (Phi) is 2.36. The van der Waals surface area contributed by atoms with Gasteiger partial charge in [0.1, 0.15) is 0 Å². The second kappa shape index (κ2) is 3.17. The first-order chi connectivity index (χ1) is 5.95. The smallest absolute Gasteiger partial charge is 0.168 e. The molecule has 0 bridgehead atoms. The van der Waals surface area contributed by atoms with Crippen molar-refractivity contribution in [3.8, 4) is 5.75 Å². The van der Waals surface area contributed by atoms with Crippen LogP contribution in [0.1, 0.15) is 28.4 Å². The highest BCUT2D eigenvalue weighted by Gasteiger charge is 2.14. The molecular weight excluding hydrogens is 171 g/mol. The topological polar surface area (TPSA) is 37.3 Å². The van der Waals surface area contributed by atoms with E-state index in [1.165, 1.54) is 26.8 Å². The summed E-state index contributed by atoms with van der Waals surface area (Å²) in [6.45, 7) is 4.43. The van der Waals surface area contributed by atoms with Crippen LogP contribution < -0.4 is 0 Å². The van der Waals surface area contributed by atoms with Gasteiger partial charge in [-0.2, -0.15) is 0 Å². The molecule has 0 aliphatic heterocycles. The van der Waals surface area contributed by atoms with Crippen molar-refractivity contribution in [3.63, 3.8) is 0 Å². The van der Waals surface area contributed by atoms with Crippen molar-refractivity contribution < 1.29 is 14.3 Å². The van der Waals surface area contributed by atoms with Gasteiger partial charge in [-0.3, -0.25) is 4.79 Å². The number of aryl methyl sites for hydroxylation is 1. The maximum Gasteiger partial charge on any atom is 0.168 e.